The Balaban J connectivity index is 2.15. The molecule has 4 heteroatoms. The van der Waals surface area contributed by atoms with E-state index in [-0.39, 0.29) is 0 Å². The van der Waals surface area contributed by atoms with Gasteiger partial charge in [-0.1, -0.05) is 17.8 Å². The lowest BCUT2D eigenvalue weighted by Gasteiger charge is -2.14. The second-order valence-corrected chi connectivity index (χ2v) is 5.44. The minimum absolute atomic E-state index is 0.943. The largest absolute Gasteiger partial charge is 0.334 e. The standard InChI is InChI=1S/C11H13BrN2S/c1-8-3-4-9(12)10(7-8)14-11-13-5-2-6-15-11/h3-4,7H,2,5-6H2,1H3,(H,13,14). The normalized spacial score (nSPS) is 16.0. The van der Waals surface area contributed by atoms with Crippen molar-refractivity contribution in [2.45, 2.75) is 13.3 Å². The van der Waals surface area contributed by atoms with Crippen molar-refractivity contribution in [3.63, 3.8) is 0 Å². The minimum Gasteiger partial charge on any atom is -0.334 e. The fourth-order valence-electron chi connectivity index (χ4n) is 1.39. The van der Waals surface area contributed by atoms with Crippen molar-refractivity contribution >= 4 is 38.5 Å². The zero-order chi connectivity index (χ0) is 10.7. The van der Waals surface area contributed by atoms with Crippen LogP contribution in [0.5, 0.6) is 0 Å². The first-order chi connectivity index (χ1) is 7.25. The third-order valence-electron chi connectivity index (χ3n) is 2.16. The molecule has 0 atom stereocenters. The van der Waals surface area contributed by atoms with Gasteiger partial charge in [0.25, 0.3) is 0 Å². The van der Waals surface area contributed by atoms with Crippen LogP contribution in [-0.4, -0.2) is 17.5 Å². The van der Waals surface area contributed by atoms with E-state index in [1.807, 2.05) is 0 Å². The van der Waals surface area contributed by atoms with Crippen molar-refractivity contribution in [3.05, 3.63) is 28.2 Å². The number of thioether (sulfide) groups is 1. The third-order valence-corrected chi connectivity index (χ3v) is 3.85. The van der Waals surface area contributed by atoms with E-state index in [9.17, 15) is 0 Å². The van der Waals surface area contributed by atoms with Gasteiger partial charge in [-0.05, 0) is 47.0 Å². The SMILES string of the molecule is Cc1ccc(Br)c(NC2=NCCCS2)c1. The topological polar surface area (TPSA) is 24.4 Å². The van der Waals surface area contributed by atoms with Crippen LogP contribution in [0.25, 0.3) is 0 Å². The molecule has 1 aliphatic rings. The third kappa shape index (κ3) is 2.98. The molecule has 1 aromatic rings. The van der Waals surface area contributed by atoms with Gasteiger partial charge in [0.2, 0.25) is 0 Å². The molecule has 0 radical (unpaired) electrons. The minimum atomic E-state index is 0.943. The molecular weight excluding hydrogens is 272 g/mol. The zero-order valence-electron chi connectivity index (χ0n) is 8.59. The van der Waals surface area contributed by atoms with Crippen LogP contribution in [0.15, 0.2) is 27.7 Å². The van der Waals surface area contributed by atoms with Gasteiger partial charge in [-0.15, -0.1) is 0 Å². The Kier molecular flexibility index (Phi) is 3.70. The highest BCUT2D eigenvalue weighted by Gasteiger charge is 2.07. The van der Waals surface area contributed by atoms with E-state index in [2.05, 4.69) is 51.4 Å². The van der Waals surface area contributed by atoms with E-state index in [1.54, 1.807) is 11.8 Å². The van der Waals surface area contributed by atoms with Gasteiger partial charge < -0.3 is 5.32 Å². The van der Waals surface area contributed by atoms with Crippen molar-refractivity contribution in [3.8, 4) is 0 Å². The summed E-state index contributed by atoms with van der Waals surface area (Å²) in [5.74, 6) is 1.16. The summed E-state index contributed by atoms with van der Waals surface area (Å²) in [5.41, 5.74) is 2.35. The maximum absolute atomic E-state index is 4.44. The zero-order valence-corrected chi connectivity index (χ0v) is 11.0. The maximum atomic E-state index is 4.44. The molecule has 1 aliphatic heterocycles. The lowest BCUT2D eigenvalue weighted by Crippen LogP contribution is -2.13. The van der Waals surface area contributed by atoms with Gasteiger partial charge in [0.15, 0.2) is 5.17 Å². The highest BCUT2D eigenvalue weighted by atomic mass is 79.9. The van der Waals surface area contributed by atoms with Crippen LogP contribution in [0.1, 0.15) is 12.0 Å². The second kappa shape index (κ2) is 5.03. The molecule has 1 aromatic carbocycles. The summed E-state index contributed by atoms with van der Waals surface area (Å²) in [4.78, 5) is 4.44. The molecule has 1 N–H and O–H groups in total. The van der Waals surface area contributed by atoms with Gasteiger partial charge in [0.1, 0.15) is 0 Å². The fourth-order valence-corrected chi connectivity index (χ4v) is 2.56. The Morgan fingerprint density at radius 3 is 3.07 bits per heavy atom. The molecule has 0 aromatic heterocycles. The van der Waals surface area contributed by atoms with Crippen LogP contribution in [0.2, 0.25) is 0 Å². The van der Waals surface area contributed by atoms with Gasteiger partial charge in [-0.25, -0.2) is 0 Å². The summed E-state index contributed by atoms with van der Waals surface area (Å²) in [6, 6.07) is 6.28. The number of amidine groups is 1. The second-order valence-electron chi connectivity index (χ2n) is 3.50. The Hall–Kier alpha value is -0.480. The predicted octanol–water partition coefficient (Wildman–Crippen LogP) is 3.66. The summed E-state index contributed by atoms with van der Waals surface area (Å²) in [7, 11) is 0. The van der Waals surface area contributed by atoms with E-state index < -0.39 is 0 Å². The number of rotatable bonds is 1. The molecule has 2 nitrogen and oxygen atoms in total. The molecule has 80 valence electrons. The fraction of sp³-hybridized carbons (Fsp3) is 0.364. The number of halogens is 1. The molecule has 0 saturated heterocycles. The molecule has 0 spiro atoms. The first-order valence-electron chi connectivity index (χ1n) is 4.96. The number of hydrogen-bond acceptors (Lipinski definition) is 3. The Morgan fingerprint density at radius 2 is 2.33 bits per heavy atom. The molecule has 1 heterocycles. The predicted molar refractivity (Wildman–Crippen MR) is 71.9 cm³/mol. The van der Waals surface area contributed by atoms with Gasteiger partial charge in [-0.3, -0.25) is 4.99 Å². The number of nitrogens with one attached hydrogen (secondary N) is 1. The van der Waals surface area contributed by atoms with Crippen molar-refractivity contribution < 1.29 is 0 Å². The average molecular weight is 285 g/mol. The number of benzene rings is 1. The Bertz CT molecular complexity index is 390. The van der Waals surface area contributed by atoms with Crippen LogP contribution in [0, 0.1) is 6.92 Å². The van der Waals surface area contributed by atoms with E-state index in [1.165, 1.54) is 12.0 Å². The van der Waals surface area contributed by atoms with Crippen LogP contribution in [0.3, 0.4) is 0 Å². The van der Waals surface area contributed by atoms with Crippen molar-refractivity contribution in [2.75, 3.05) is 17.6 Å². The monoisotopic (exact) mass is 284 g/mol. The highest BCUT2D eigenvalue weighted by molar-refractivity contribution is 9.10. The smallest absolute Gasteiger partial charge is 0.161 e. The van der Waals surface area contributed by atoms with Crippen LogP contribution in [-0.2, 0) is 0 Å². The lowest BCUT2D eigenvalue weighted by atomic mass is 10.2. The van der Waals surface area contributed by atoms with Gasteiger partial charge >= 0.3 is 0 Å². The van der Waals surface area contributed by atoms with E-state index >= 15 is 0 Å². The first kappa shape index (κ1) is 11.0. The molecule has 15 heavy (non-hydrogen) atoms. The summed E-state index contributed by atoms with van der Waals surface area (Å²) in [6.45, 7) is 3.03. The highest BCUT2D eigenvalue weighted by Crippen LogP contribution is 2.25. The van der Waals surface area contributed by atoms with E-state index in [0.29, 0.717) is 0 Å². The van der Waals surface area contributed by atoms with Crippen LogP contribution >= 0.6 is 27.7 Å². The van der Waals surface area contributed by atoms with E-state index in [4.69, 9.17) is 0 Å². The molecule has 0 unspecified atom stereocenters. The number of anilines is 1. The van der Waals surface area contributed by atoms with Crippen molar-refractivity contribution in [1.82, 2.24) is 0 Å². The van der Waals surface area contributed by atoms with Crippen molar-refractivity contribution in [1.29, 1.82) is 0 Å². The summed E-state index contributed by atoms with van der Waals surface area (Å²) >= 11 is 5.32. The molecule has 0 bridgehead atoms. The molecule has 0 fully saturated rings. The summed E-state index contributed by atoms with van der Waals surface area (Å²) in [5, 5.41) is 4.39. The summed E-state index contributed by atoms with van der Waals surface area (Å²) in [6.07, 6.45) is 1.19. The first-order valence-corrected chi connectivity index (χ1v) is 6.74. The quantitative estimate of drug-likeness (QED) is 0.851. The van der Waals surface area contributed by atoms with Crippen molar-refractivity contribution in [2.24, 2.45) is 4.99 Å². The maximum Gasteiger partial charge on any atom is 0.161 e. The summed E-state index contributed by atoms with van der Waals surface area (Å²) < 4.78 is 1.09. The number of nitrogens with zero attached hydrogens (tertiary/aromatic N) is 1. The number of aryl methyl sites for hydroxylation is 1. The van der Waals surface area contributed by atoms with Gasteiger partial charge in [-0.2, -0.15) is 0 Å². The molecular formula is C11H13BrN2S. The van der Waals surface area contributed by atoms with E-state index in [0.717, 1.165) is 27.6 Å². The van der Waals surface area contributed by atoms with Gasteiger partial charge in [0.05, 0.1) is 5.69 Å². The molecule has 0 aliphatic carbocycles. The van der Waals surface area contributed by atoms with Gasteiger partial charge in [0, 0.05) is 16.8 Å². The Morgan fingerprint density at radius 1 is 1.47 bits per heavy atom. The Labute approximate surface area is 103 Å². The van der Waals surface area contributed by atoms with Crippen LogP contribution < -0.4 is 5.32 Å². The average Bonchev–Trinajstić information content (AvgIpc) is 2.25. The lowest BCUT2D eigenvalue weighted by molar-refractivity contribution is 0.938. The molecule has 2 rings (SSSR count). The molecule has 0 amide bonds. The number of aliphatic imine (C=N–C) groups is 1. The van der Waals surface area contributed by atoms with Crippen LogP contribution in [0.4, 0.5) is 5.69 Å². The molecule has 0 saturated carbocycles. The number of hydrogen-bond donors (Lipinski definition) is 1.